The van der Waals surface area contributed by atoms with E-state index in [0.717, 1.165) is 6.07 Å². The van der Waals surface area contributed by atoms with E-state index in [4.69, 9.17) is 0 Å². The van der Waals surface area contributed by atoms with Crippen LogP contribution in [0.25, 0.3) is 0 Å². The number of rotatable bonds is 4. The molecule has 34 heavy (non-hydrogen) atoms. The Labute approximate surface area is 191 Å². The molecule has 0 aromatic heterocycles. The summed E-state index contributed by atoms with van der Waals surface area (Å²) in [5.41, 5.74) is -6.04. The minimum Gasteiger partial charge on any atom is -0.353 e. The summed E-state index contributed by atoms with van der Waals surface area (Å²) in [4.78, 5) is 23.9. The van der Waals surface area contributed by atoms with E-state index in [-0.39, 0.29) is 53.6 Å². The van der Waals surface area contributed by atoms with Gasteiger partial charge in [-0.3, -0.25) is 9.59 Å². The van der Waals surface area contributed by atoms with Crippen LogP contribution in [0, 0.1) is 11.8 Å². The number of benzene rings is 1. The third kappa shape index (κ3) is 4.15. The van der Waals surface area contributed by atoms with Crippen molar-refractivity contribution in [2.45, 2.75) is 81.5 Å². The number of nitrogens with one attached hydrogen (secondary N) is 2. The predicted molar refractivity (Wildman–Crippen MR) is 107 cm³/mol. The quantitative estimate of drug-likeness (QED) is 0.590. The van der Waals surface area contributed by atoms with E-state index in [1.165, 1.54) is 6.92 Å². The molecular formula is C23H25F7N2O2. The van der Waals surface area contributed by atoms with E-state index in [1.807, 2.05) is 0 Å². The Kier molecular flexibility index (Phi) is 6.13. The molecule has 2 saturated carbocycles. The van der Waals surface area contributed by atoms with Crippen LogP contribution in [0.3, 0.4) is 0 Å². The van der Waals surface area contributed by atoms with E-state index in [1.54, 1.807) is 0 Å². The Morgan fingerprint density at radius 2 is 1.50 bits per heavy atom. The summed E-state index contributed by atoms with van der Waals surface area (Å²) in [5.74, 6) is -0.801. The number of carbonyl (C=O) groups excluding carboxylic acids is 2. The first-order valence-electron chi connectivity index (χ1n) is 11.3. The molecule has 0 heterocycles. The van der Waals surface area contributed by atoms with E-state index in [0.29, 0.717) is 49.8 Å². The molecule has 2 N–H and O–H groups in total. The van der Waals surface area contributed by atoms with Gasteiger partial charge in [0.05, 0.1) is 0 Å². The molecule has 3 aliphatic carbocycles. The van der Waals surface area contributed by atoms with Gasteiger partial charge in [0.25, 0.3) is 0 Å². The summed E-state index contributed by atoms with van der Waals surface area (Å²) < 4.78 is 93.3. The molecular weight excluding hydrogens is 469 g/mol. The Morgan fingerprint density at radius 3 is 2.09 bits per heavy atom. The maximum absolute atomic E-state index is 14.5. The predicted octanol–water partition coefficient (Wildman–Crippen LogP) is 4.82. The Hall–Kier alpha value is -2.33. The maximum Gasteiger partial charge on any atom is 0.435 e. The van der Waals surface area contributed by atoms with Crippen molar-refractivity contribution in [2.24, 2.45) is 11.8 Å². The van der Waals surface area contributed by atoms with Crippen LogP contribution >= 0.6 is 0 Å². The molecule has 3 aliphatic rings. The van der Waals surface area contributed by atoms with Crippen molar-refractivity contribution in [2.75, 3.05) is 0 Å². The van der Waals surface area contributed by atoms with Crippen molar-refractivity contribution in [1.29, 1.82) is 0 Å². The number of hydrogen-bond donors (Lipinski definition) is 2. The average Bonchev–Trinajstić information content (AvgIpc) is 3.13. The molecule has 0 spiro atoms. The third-order valence-corrected chi connectivity index (χ3v) is 7.52. The largest absolute Gasteiger partial charge is 0.435 e. The van der Waals surface area contributed by atoms with Gasteiger partial charge in [0.15, 0.2) is 0 Å². The second-order valence-electron chi connectivity index (χ2n) is 9.63. The number of hydrogen-bond acceptors (Lipinski definition) is 2. The first-order chi connectivity index (χ1) is 15.7. The molecule has 2 fully saturated rings. The van der Waals surface area contributed by atoms with Crippen molar-refractivity contribution >= 4 is 11.8 Å². The molecule has 0 radical (unpaired) electrons. The van der Waals surface area contributed by atoms with Crippen LogP contribution in [0.1, 0.15) is 61.6 Å². The van der Waals surface area contributed by atoms with Gasteiger partial charge < -0.3 is 10.6 Å². The lowest BCUT2D eigenvalue weighted by molar-refractivity contribution is -0.348. The van der Waals surface area contributed by atoms with Crippen molar-refractivity contribution in [3.05, 3.63) is 34.9 Å². The number of alkyl halides is 7. The summed E-state index contributed by atoms with van der Waals surface area (Å²) in [6.45, 7) is 1.42. The zero-order chi connectivity index (χ0) is 25.1. The fraction of sp³-hybridized carbons (Fsp3) is 0.652. The van der Waals surface area contributed by atoms with Crippen molar-refractivity contribution in [3.8, 4) is 0 Å². The summed E-state index contributed by atoms with van der Waals surface area (Å²) >= 11 is 0. The van der Waals surface area contributed by atoms with Gasteiger partial charge in [-0.25, -0.2) is 4.39 Å². The fourth-order valence-corrected chi connectivity index (χ4v) is 5.84. The lowest BCUT2D eigenvalue weighted by Crippen LogP contribution is -2.54. The normalized spacial score (nSPS) is 29.0. The highest BCUT2D eigenvalue weighted by Crippen LogP contribution is 2.55. The lowest BCUT2D eigenvalue weighted by Gasteiger charge is -2.38. The van der Waals surface area contributed by atoms with Crippen molar-refractivity contribution < 1.29 is 40.3 Å². The summed E-state index contributed by atoms with van der Waals surface area (Å²) in [6, 6.07) is 2.43. The highest BCUT2D eigenvalue weighted by atomic mass is 19.4. The highest BCUT2D eigenvalue weighted by molar-refractivity contribution is 5.80. The van der Waals surface area contributed by atoms with Crippen LogP contribution in [0.5, 0.6) is 0 Å². The summed E-state index contributed by atoms with van der Waals surface area (Å²) in [7, 11) is 0. The van der Waals surface area contributed by atoms with E-state index in [2.05, 4.69) is 10.6 Å². The number of fused-ring (bicyclic) bond motifs is 3. The third-order valence-electron chi connectivity index (χ3n) is 7.52. The summed E-state index contributed by atoms with van der Waals surface area (Å²) in [5, 5.41) is 5.78. The van der Waals surface area contributed by atoms with Gasteiger partial charge in [-0.05, 0) is 61.5 Å². The number of carbonyl (C=O) groups is 2. The minimum absolute atomic E-state index is 0.0332. The van der Waals surface area contributed by atoms with Crippen LogP contribution in [-0.4, -0.2) is 36.3 Å². The second-order valence-corrected chi connectivity index (χ2v) is 9.63. The zero-order valence-electron chi connectivity index (χ0n) is 18.3. The van der Waals surface area contributed by atoms with Gasteiger partial charge in [0.1, 0.15) is 0 Å². The Morgan fingerprint density at radius 1 is 0.882 bits per heavy atom. The van der Waals surface area contributed by atoms with Crippen LogP contribution in [0.2, 0.25) is 0 Å². The molecule has 0 aliphatic heterocycles. The molecule has 4 nitrogen and oxygen atoms in total. The lowest BCUT2D eigenvalue weighted by atomic mass is 9.73. The molecule has 11 heteroatoms. The van der Waals surface area contributed by atoms with Crippen LogP contribution in [0.4, 0.5) is 30.7 Å². The smallest absolute Gasteiger partial charge is 0.353 e. The first-order valence-corrected chi connectivity index (χ1v) is 11.3. The number of amides is 2. The van der Waals surface area contributed by atoms with Crippen LogP contribution < -0.4 is 10.6 Å². The molecule has 0 unspecified atom stereocenters. The van der Waals surface area contributed by atoms with Gasteiger partial charge in [-0.2, -0.15) is 26.3 Å². The summed E-state index contributed by atoms with van der Waals surface area (Å²) in [6.07, 6.45) is -9.27. The molecule has 3 atom stereocenters. The topological polar surface area (TPSA) is 58.2 Å². The van der Waals surface area contributed by atoms with E-state index >= 15 is 0 Å². The van der Waals surface area contributed by atoms with E-state index in [9.17, 15) is 40.3 Å². The van der Waals surface area contributed by atoms with Gasteiger partial charge in [0, 0.05) is 30.5 Å². The molecule has 4 rings (SSSR count). The van der Waals surface area contributed by atoms with Gasteiger partial charge in [-0.1, -0.05) is 18.2 Å². The fourth-order valence-electron chi connectivity index (χ4n) is 5.84. The Bertz CT molecular complexity index is 955. The molecule has 1 aromatic carbocycles. The van der Waals surface area contributed by atoms with Crippen molar-refractivity contribution in [3.63, 3.8) is 0 Å². The van der Waals surface area contributed by atoms with Gasteiger partial charge >= 0.3 is 18.0 Å². The SMILES string of the molecule is CC(=O)NC1CC(NC(=O)[C@@H]2CC[C@H]3c4ccc(C(F)(C(F)(F)F)C(F)(F)F)cc4CC[C@@H]23)C1. The second kappa shape index (κ2) is 8.41. The molecule has 2 amide bonds. The van der Waals surface area contributed by atoms with Gasteiger partial charge in [-0.15, -0.1) is 0 Å². The van der Waals surface area contributed by atoms with Gasteiger partial charge in [0.2, 0.25) is 11.8 Å². The van der Waals surface area contributed by atoms with Crippen LogP contribution in [0.15, 0.2) is 18.2 Å². The zero-order valence-corrected chi connectivity index (χ0v) is 18.3. The average molecular weight is 494 g/mol. The highest BCUT2D eigenvalue weighted by Gasteiger charge is 2.73. The molecule has 0 bridgehead atoms. The number of halogens is 7. The van der Waals surface area contributed by atoms with E-state index < -0.39 is 23.6 Å². The molecule has 1 aromatic rings. The monoisotopic (exact) mass is 494 g/mol. The molecule has 188 valence electrons. The standard InChI is InChI=1S/C23H25F7N2O2/c1-11(33)31-14-9-15(10-14)32-20(34)19-7-6-17-16-5-3-13(8-12(16)2-4-18(17)19)21(24,22(25,26)27)23(28,29)30/h3,5,8,14-15,17-19H,2,4,6-7,9-10H2,1H3,(H,31,33)(H,32,34)/t14?,15?,17-,18+,19+/m0/s1. The Balaban J connectivity index is 1.47. The number of aryl methyl sites for hydroxylation is 1. The minimum atomic E-state index is -6.15. The molecule has 0 saturated heterocycles. The van der Waals surface area contributed by atoms with Crippen LogP contribution in [-0.2, 0) is 21.7 Å². The first kappa shape index (κ1) is 24.8. The van der Waals surface area contributed by atoms with Crippen molar-refractivity contribution in [1.82, 2.24) is 10.6 Å². The maximum atomic E-state index is 14.5.